The summed E-state index contributed by atoms with van der Waals surface area (Å²) in [6, 6.07) is 0. The summed E-state index contributed by atoms with van der Waals surface area (Å²) in [6.07, 6.45) is -0.915. The van der Waals surface area contributed by atoms with Gasteiger partial charge in [0.25, 0.3) is 0 Å². The fourth-order valence-corrected chi connectivity index (χ4v) is 0.114. The van der Waals surface area contributed by atoms with Crippen molar-refractivity contribution in [1.82, 2.24) is 0 Å². The first-order chi connectivity index (χ1) is 3.18. The molecule has 0 rings (SSSR count). The van der Waals surface area contributed by atoms with Gasteiger partial charge < -0.3 is 6.53 Å². The Balaban J connectivity index is -0.000000180. The van der Waals surface area contributed by atoms with Crippen molar-refractivity contribution < 1.29 is 45.2 Å². The fraction of sp³-hybridized carbons (Fsp3) is 0.667. The molecule has 8 heavy (non-hydrogen) atoms. The van der Waals surface area contributed by atoms with Gasteiger partial charge >= 0.3 is 35.5 Å². The molecule has 0 aliphatic heterocycles. The molecule has 44 valence electrons. The van der Waals surface area contributed by atoms with E-state index in [2.05, 4.69) is 16.2 Å². The maximum Gasteiger partial charge on any atom is 1.00 e. The second-order valence-electron chi connectivity index (χ2n) is 1.07. The Morgan fingerprint density at radius 3 is 2.38 bits per heavy atom. The first-order valence-corrected chi connectivity index (χ1v) is 1.99. The van der Waals surface area contributed by atoms with Crippen LogP contribution >= 0.6 is 11.9 Å². The minimum absolute atomic E-state index is 0. The standard InChI is InChI=1S/C3H5ClO3.Na.H/c1-2(7-4)3(5)6;;/h2H,1H3,(H,5,6);;/q;+1;-1. The monoisotopic (exact) mass is 148 g/mol. The molecule has 0 aliphatic rings. The summed E-state index contributed by atoms with van der Waals surface area (Å²) in [5.74, 6) is -1.06. The van der Waals surface area contributed by atoms with Crippen LogP contribution in [0.4, 0.5) is 0 Å². The van der Waals surface area contributed by atoms with Crippen LogP contribution in [0.1, 0.15) is 8.35 Å². The molecule has 5 heteroatoms. The molecule has 0 saturated heterocycles. The molecule has 0 aromatic heterocycles. The van der Waals surface area contributed by atoms with Gasteiger partial charge in [-0.2, -0.15) is 0 Å². The van der Waals surface area contributed by atoms with Crippen molar-refractivity contribution in [3.8, 4) is 0 Å². The Labute approximate surface area is 75.9 Å². The van der Waals surface area contributed by atoms with Crippen molar-refractivity contribution in [2.24, 2.45) is 0 Å². The SMILES string of the molecule is CC(OCl)C(=O)O.[H-].[Na+]. The van der Waals surface area contributed by atoms with Gasteiger partial charge in [-0.15, -0.1) is 0 Å². The molecule has 0 radical (unpaired) electrons. The van der Waals surface area contributed by atoms with E-state index in [1.165, 1.54) is 6.92 Å². The van der Waals surface area contributed by atoms with Crippen LogP contribution in [0.15, 0.2) is 0 Å². The van der Waals surface area contributed by atoms with Gasteiger partial charge in [-0.3, -0.25) is 4.29 Å². The van der Waals surface area contributed by atoms with E-state index < -0.39 is 12.1 Å². The molecular weight excluding hydrogens is 142 g/mol. The zero-order valence-corrected chi connectivity index (χ0v) is 7.47. The minimum atomic E-state index is -1.06. The topological polar surface area (TPSA) is 46.5 Å². The molecule has 0 saturated carbocycles. The predicted molar refractivity (Wildman–Crippen MR) is 25.1 cm³/mol. The first-order valence-electron chi connectivity index (χ1n) is 1.68. The van der Waals surface area contributed by atoms with Gasteiger partial charge in [0, 0.05) is 0 Å². The van der Waals surface area contributed by atoms with Crippen molar-refractivity contribution in [3.63, 3.8) is 0 Å². The van der Waals surface area contributed by atoms with E-state index >= 15 is 0 Å². The number of carboxylic acid groups (broad SMARTS) is 1. The zero-order valence-electron chi connectivity index (χ0n) is 5.72. The van der Waals surface area contributed by atoms with Gasteiger partial charge in [-0.1, -0.05) is 0 Å². The van der Waals surface area contributed by atoms with Crippen LogP contribution in [-0.2, 0) is 9.08 Å². The molecule has 3 nitrogen and oxygen atoms in total. The second-order valence-corrected chi connectivity index (χ2v) is 1.25. The molecule has 1 atom stereocenters. The number of hydrogen-bond donors (Lipinski definition) is 1. The van der Waals surface area contributed by atoms with Crippen molar-refractivity contribution >= 4 is 17.8 Å². The molecular formula is C3H6ClNaO3. The van der Waals surface area contributed by atoms with Crippen molar-refractivity contribution in [2.45, 2.75) is 13.0 Å². The molecule has 1 N–H and O–H groups in total. The average molecular weight is 149 g/mol. The van der Waals surface area contributed by atoms with E-state index in [4.69, 9.17) is 5.11 Å². The summed E-state index contributed by atoms with van der Waals surface area (Å²) in [7, 11) is 0. The molecule has 0 aromatic carbocycles. The van der Waals surface area contributed by atoms with Gasteiger partial charge in [0.05, 0.1) is 11.9 Å². The summed E-state index contributed by atoms with van der Waals surface area (Å²) in [5, 5.41) is 7.97. The summed E-state index contributed by atoms with van der Waals surface area (Å²) in [6.45, 7) is 1.34. The van der Waals surface area contributed by atoms with Crippen LogP contribution in [0.5, 0.6) is 0 Å². The Morgan fingerprint density at radius 1 is 2.00 bits per heavy atom. The number of carbonyl (C=O) groups is 1. The number of rotatable bonds is 2. The summed E-state index contributed by atoms with van der Waals surface area (Å²) < 4.78 is 3.88. The Bertz CT molecular complexity index is 81.5. The fourth-order valence-electron chi connectivity index (χ4n) is 0.0381. The molecule has 0 spiro atoms. The second kappa shape index (κ2) is 5.85. The average Bonchev–Trinajstić information content (AvgIpc) is 1.65. The smallest absolute Gasteiger partial charge is 1.00 e. The Morgan fingerprint density at radius 2 is 2.38 bits per heavy atom. The molecule has 0 heterocycles. The van der Waals surface area contributed by atoms with Crippen LogP contribution in [0, 0.1) is 0 Å². The van der Waals surface area contributed by atoms with Gasteiger partial charge in [0.1, 0.15) is 0 Å². The third kappa shape index (κ3) is 4.87. The van der Waals surface area contributed by atoms with Crippen LogP contribution in [0.25, 0.3) is 0 Å². The van der Waals surface area contributed by atoms with E-state index in [-0.39, 0.29) is 31.0 Å². The van der Waals surface area contributed by atoms with Crippen molar-refractivity contribution in [1.29, 1.82) is 0 Å². The van der Waals surface area contributed by atoms with Crippen LogP contribution in [0.3, 0.4) is 0 Å². The molecule has 1 unspecified atom stereocenters. The van der Waals surface area contributed by atoms with Gasteiger partial charge in [0.15, 0.2) is 6.10 Å². The number of hydrogen-bond acceptors (Lipinski definition) is 2. The van der Waals surface area contributed by atoms with Crippen LogP contribution < -0.4 is 29.6 Å². The van der Waals surface area contributed by atoms with Gasteiger partial charge in [-0.05, 0) is 6.92 Å². The zero-order chi connectivity index (χ0) is 5.86. The number of aliphatic carboxylic acids is 1. The van der Waals surface area contributed by atoms with Gasteiger partial charge in [0.2, 0.25) is 0 Å². The summed E-state index contributed by atoms with van der Waals surface area (Å²) >= 11 is 4.67. The molecule has 0 amide bonds. The van der Waals surface area contributed by atoms with Crippen LogP contribution in [-0.4, -0.2) is 17.2 Å². The maximum atomic E-state index is 9.72. The molecule has 0 bridgehead atoms. The minimum Gasteiger partial charge on any atom is -1.00 e. The third-order valence-corrected chi connectivity index (χ3v) is 0.749. The largest absolute Gasteiger partial charge is 1.00 e. The number of halogens is 1. The third-order valence-electron chi connectivity index (χ3n) is 0.481. The molecule has 0 fully saturated rings. The van der Waals surface area contributed by atoms with Crippen molar-refractivity contribution in [3.05, 3.63) is 0 Å². The maximum absolute atomic E-state index is 9.72. The Kier molecular flexibility index (Phi) is 8.41. The van der Waals surface area contributed by atoms with E-state index in [0.717, 1.165) is 0 Å². The molecule has 0 aromatic rings. The quantitative estimate of drug-likeness (QED) is 0.450. The first kappa shape index (κ1) is 11.5. The van der Waals surface area contributed by atoms with E-state index in [1.54, 1.807) is 0 Å². The summed E-state index contributed by atoms with van der Waals surface area (Å²) in [5.41, 5.74) is 0. The normalized spacial score (nSPS) is 11.8. The Hall–Kier alpha value is 0.720. The van der Waals surface area contributed by atoms with E-state index in [1.807, 2.05) is 0 Å². The predicted octanol–water partition coefficient (Wildman–Crippen LogP) is -2.25. The van der Waals surface area contributed by atoms with E-state index in [0.29, 0.717) is 0 Å². The summed E-state index contributed by atoms with van der Waals surface area (Å²) in [4.78, 5) is 9.72. The van der Waals surface area contributed by atoms with Gasteiger partial charge in [-0.25, -0.2) is 4.79 Å². The number of carboxylic acids is 1. The van der Waals surface area contributed by atoms with Crippen LogP contribution in [0.2, 0.25) is 0 Å². The van der Waals surface area contributed by atoms with Crippen molar-refractivity contribution in [2.75, 3.05) is 0 Å². The molecule has 0 aliphatic carbocycles. The van der Waals surface area contributed by atoms with E-state index in [9.17, 15) is 4.79 Å².